The number of carbonyl (C=O) groups excluding carboxylic acids is 1. The number of ketones is 1. The fourth-order valence-electron chi connectivity index (χ4n) is 3.97. The smallest absolute Gasteiger partial charge is 0.162 e. The van der Waals surface area contributed by atoms with Crippen LogP contribution in [-0.2, 0) is 0 Å². The number of fused-ring (bicyclic) bond motifs is 1. The average molecular weight is 455 g/mol. The highest BCUT2D eigenvalue weighted by Gasteiger charge is 2.19. The van der Waals surface area contributed by atoms with E-state index in [2.05, 4.69) is 17.7 Å². The number of Topliss-reactive ketones (excluding diaryl/α,β-unsaturated/α-hetero) is 1. The summed E-state index contributed by atoms with van der Waals surface area (Å²) >= 11 is 0. The number of halogens is 1. The highest BCUT2D eigenvalue weighted by Crippen LogP contribution is 2.32. The lowest BCUT2D eigenvalue weighted by Gasteiger charge is -2.22. The highest BCUT2D eigenvalue weighted by molar-refractivity contribution is 6.09. The molecule has 6 heteroatoms. The molecule has 3 aromatic rings. The van der Waals surface area contributed by atoms with Crippen LogP contribution in [-0.4, -0.2) is 52.7 Å². The van der Waals surface area contributed by atoms with Gasteiger partial charge in [0.15, 0.2) is 5.78 Å². The number of aliphatic hydroxyl groups excluding tert-OH is 1. The maximum Gasteiger partial charge on any atom is 0.162 e. The van der Waals surface area contributed by atoms with Crippen molar-refractivity contribution in [2.75, 3.05) is 26.2 Å². The van der Waals surface area contributed by atoms with E-state index in [9.17, 15) is 9.90 Å². The summed E-state index contributed by atoms with van der Waals surface area (Å²) in [6.07, 6.45) is 2.95. The predicted octanol–water partition coefficient (Wildman–Crippen LogP) is 4.98. The van der Waals surface area contributed by atoms with Crippen LogP contribution in [0.15, 0.2) is 73.8 Å². The molecular formula is C26H31ClN2O3. The third-order valence-electron chi connectivity index (χ3n) is 5.23. The van der Waals surface area contributed by atoms with Crippen LogP contribution in [0.4, 0.5) is 0 Å². The van der Waals surface area contributed by atoms with Gasteiger partial charge in [-0.15, -0.1) is 25.6 Å². The number of ether oxygens (including phenoxy) is 1. The topological polar surface area (TPSA) is 54.7 Å². The van der Waals surface area contributed by atoms with Gasteiger partial charge in [-0.3, -0.25) is 9.69 Å². The molecule has 0 saturated carbocycles. The fourth-order valence-corrected chi connectivity index (χ4v) is 3.97. The Bertz CT molecular complexity index is 1070. The van der Waals surface area contributed by atoms with Gasteiger partial charge in [0.1, 0.15) is 18.5 Å². The van der Waals surface area contributed by atoms with E-state index in [0.717, 1.165) is 22.3 Å². The van der Waals surface area contributed by atoms with Crippen LogP contribution < -0.4 is 4.74 Å². The summed E-state index contributed by atoms with van der Waals surface area (Å²) in [5.74, 6) is 0.636. The van der Waals surface area contributed by atoms with Crippen LogP contribution in [0.2, 0.25) is 0 Å². The maximum absolute atomic E-state index is 12.4. The minimum atomic E-state index is -0.654. The predicted molar refractivity (Wildman–Crippen MR) is 134 cm³/mol. The van der Waals surface area contributed by atoms with Crippen molar-refractivity contribution in [3.63, 3.8) is 0 Å². The minimum Gasteiger partial charge on any atom is -0.491 e. The minimum absolute atomic E-state index is 0. The first-order valence-electron chi connectivity index (χ1n) is 10.4. The first-order chi connectivity index (χ1) is 15.0. The number of aliphatic hydroxyl groups is 1. The van der Waals surface area contributed by atoms with E-state index >= 15 is 0 Å². The molecule has 1 N–H and O–H groups in total. The monoisotopic (exact) mass is 454 g/mol. The Morgan fingerprint density at radius 1 is 1.16 bits per heavy atom. The van der Waals surface area contributed by atoms with Gasteiger partial charge in [0, 0.05) is 42.0 Å². The van der Waals surface area contributed by atoms with Gasteiger partial charge < -0.3 is 14.4 Å². The van der Waals surface area contributed by atoms with E-state index in [1.807, 2.05) is 60.4 Å². The summed E-state index contributed by atoms with van der Waals surface area (Å²) in [4.78, 5) is 14.5. The summed E-state index contributed by atoms with van der Waals surface area (Å²) < 4.78 is 7.96. The van der Waals surface area contributed by atoms with E-state index in [1.165, 1.54) is 0 Å². The first kappa shape index (κ1) is 25.4. The molecule has 0 amide bonds. The Morgan fingerprint density at radius 2 is 1.81 bits per heavy atom. The molecule has 1 heterocycles. The number of benzene rings is 2. The fraction of sp³-hybridized carbons (Fsp3) is 0.269. The Kier molecular flexibility index (Phi) is 9.27. The van der Waals surface area contributed by atoms with Crippen molar-refractivity contribution >= 4 is 29.1 Å². The molecule has 3 rings (SSSR count). The van der Waals surface area contributed by atoms with Crippen molar-refractivity contribution < 1.29 is 14.6 Å². The Hall–Kier alpha value is -2.86. The molecule has 0 saturated heterocycles. The Morgan fingerprint density at radius 3 is 2.41 bits per heavy atom. The van der Waals surface area contributed by atoms with Gasteiger partial charge in [-0.05, 0) is 44.2 Å². The van der Waals surface area contributed by atoms with Crippen molar-refractivity contribution in [2.24, 2.45) is 0 Å². The molecule has 0 spiro atoms. The number of para-hydroxylation sites is 1. The summed E-state index contributed by atoms with van der Waals surface area (Å²) in [5.41, 5.74) is 3.54. The largest absolute Gasteiger partial charge is 0.491 e. The summed E-state index contributed by atoms with van der Waals surface area (Å²) in [6.45, 7) is 13.0. The number of hydrogen-bond donors (Lipinski definition) is 1. The zero-order valence-electron chi connectivity index (χ0n) is 18.7. The molecule has 5 nitrogen and oxygen atoms in total. The van der Waals surface area contributed by atoms with E-state index in [0.29, 0.717) is 30.9 Å². The molecular weight excluding hydrogens is 424 g/mol. The van der Waals surface area contributed by atoms with Crippen LogP contribution in [0, 0.1) is 6.92 Å². The summed E-state index contributed by atoms with van der Waals surface area (Å²) in [6, 6.07) is 15.7. The third-order valence-corrected chi connectivity index (χ3v) is 5.23. The molecule has 0 radical (unpaired) electrons. The first-order valence-corrected chi connectivity index (χ1v) is 10.4. The van der Waals surface area contributed by atoms with Crippen molar-refractivity contribution in [3.05, 3.63) is 85.1 Å². The second-order valence-electron chi connectivity index (χ2n) is 7.63. The van der Waals surface area contributed by atoms with Crippen LogP contribution >= 0.6 is 12.4 Å². The SMILES string of the molecule is C=CCN(CC=C)CC(O)COc1ccc2c(c1)c(C(C)=O)c(C)n2-c1ccccc1.Cl. The van der Waals surface area contributed by atoms with Gasteiger partial charge >= 0.3 is 0 Å². The number of carbonyl (C=O) groups is 1. The molecule has 32 heavy (non-hydrogen) atoms. The van der Waals surface area contributed by atoms with Crippen LogP contribution in [0.3, 0.4) is 0 Å². The number of rotatable bonds is 11. The van der Waals surface area contributed by atoms with E-state index < -0.39 is 6.10 Å². The Labute approximate surface area is 196 Å². The number of nitrogens with zero attached hydrogens (tertiary/aromatic N) is 2. The molecule has 0 aliphatic carbocycles. The second kappa shape index (κ2) is 11.7. The van der Waals surface area contributed by atoms with E-state index in [4.69, 9.17) is 4.74 Å². The van der Waals surface area contributed by atoms with Gasteiger partial charge in [0.05, 0.1) is 5.52 Å². The lowest BCUT2D eigenvalue weighted by Crippen LogP contribution is -2.35. The van der Waals surface area contributed by atoms with E-state index in [1.54, 1.807) is 19.1 Å². The lowest BCUT2D eigenvalue weighted by molar-refractivity contribution is 0.0755. The molecule has 2 aromatic carbocycles. The zero-order valence-corrected chi connectivity index (χ0v) is 19.5. The highest BCUT2D eigenvalue weighted by atomic mass is 35.5. The zero-order chi connectivity index (χ0) is 22.4. The summed E-state index contributed by atoms with van der Waals surface area (Å²) in [5, 5.41) is 11.2. The quantitative estimate of drug-likeness (QED) is 0.328. The molecule has 1 atom stereocenters. The van der Waals surface area contributed by atoms with Crippen LogP contribution in [0.25, 0.3) is 16.6 Å². The molecule has 0 aliphatic rings. The normalized spacial score (nSPS) is 11.8. The maximum atomic E-state index is 12.4. The van der Waals surface area contributed by atoms with Crippen LogP contribution in [0.5, 0.6) is 5.75 Å². The molecule has 0 aliphatic heterocycles. The van der Waals surface area contributed by atoms with Gasteiger partial charge in [0.25, 0.3) is 0 Å². The molecule has 0 fully saturated rings. The average Bonchev–Trinajstić information content (AvgIpc) is 3.04. The van der Waals surface area contributed by atoms with E-state index in [-0.39, 0.29) is 24.8 Å². The van der Waals surface area contributed by atoms with Crippen molar-refractivity contribution in [3.8, 4) is 11.4 Å². The number of hydrogen-bond acceptors (Lipinski definition) is 4. The van der Waals surface area contributed by atoms with Crippen molar-refractivity contribution in [2.45, 2.75) is 20.0 Å². The van der Waals surface area contributed by atoms with Gasteiger partial charge in [-0.25, -0.2) is 0 Å². The van der Waals surface area contributed by atoms with Crippen LogP contribution in [0.1, 0.15) is 23.0 Å². The van der Waals surface area contributed by atoms with Crippen molar-refractivity contribution in [1.29, 1.82) is 0 Å². The lowest BCUT2D eigenvalue weighted by atomic mass is 10.1. The van der Waals surface area contributed by atoms with Gasteiger partial charge in [0.2, 0.25) is 0 Å². The standard InChI is InChI=1S/C26H30N2O3.ClH/c1-5-14-27(15-6-2)17-22(30)18-31-23-12-13-25-24(16-23)26(20(4)29)19(3)28(25)21-10-8-7-9-11-21;/h5-13,16,22,30H,1-2,14-15,17-18H2,3-4H3;1H. The van der Waals surface area contributed by atoms with Gasteiger partial charge in [-0.2, -0.15) is 0 Å². The molecule has 1 unspecified atom stereocenters. The molecule has 0 bridgehead atoms. The number of aromatic nitrogens is 1. The van der Waals surface area contributed by atoms with Gasteiger partial charge in [-0.1, -0.05) is 30.4 Å². The Balaban J connectivity index is 0.00000363. The third kappa shape index (κ3) is 5.68. The molecule has 170 valence electrons. The molecule has 1 aromatic heterocycles. The summed E-state index contributed by atoms with van der Waals surface area (Å²) in [7, 11) is 0. The van der Waals surface area contributed by atoms with Crippen molar-refractivity contribution in [1.82, 2.24) is 9.47 Å². The second-order valence-corrected chi connectivity index (χ2v) is 7.63.